The second-order valence-corrected chi connectivity index (χ2v) is 7.27. The zero-order valence-corrected chi connectivity index (χ0v) is 14.8. The first-order valence-electron chi connectivity index (χ1n) is 8.39. The standard InChI is InChI=1S/C18H23BrN2O2/c19-9-12-21-10-7-14(8-11-21)13-1-3-15(4-2-13)16-5-6-17(22)20-18(16)23/h1-4,14,16H,5-12H2,(H,20,22,23). The SMILES string of the molecule is O=C1CCC(c2ccc(C3CCN(CCBr)CC3)cc2)C(=O)N1. The van der Waals surface area contributed by atoms with Crippen LogP contribution in [0.5, 0.6) is 0 Å². The Bertz CT molecular complexity index is 565. The summed E-state index contributed by atoms with van der Waals surface area (Å²) in [6.45, 7) is 3.44. The van der Waals surface area contributed by atoms with Gasteiger partial charge in [-0.1, -0.05) is 40.2 Å². The molecular weight excluding hydrogens is 356 g/mol. The summed E-state index contributed by atoms with van der Waals surface area (Å²) in [6.07, 6.45) is 3.45. The number of piperidine rings is 2. The molecule has 5 heteroatoms. The number of alkyl halides is 1. The fourth-order valence-corrected chi connectivity index (χ4v) is 4.12. The van der Waals surface area contributed by atoms with Crippen molar-refractivity contribution in [3.05, 3.63) is 35.4 Å². The Kier molecular flexibility index (Phi) is 5.49. The van der Waals surface area contributed by atoms with Gasteiger partial charge in [0.05, 0.1) is 5.92 Å². The molecule has 2 aliphatic rings. The summed E-state index contributed by atoms with van der Waals surface area (Å²) in [7, 11) is 0. The zero-order chi connectivity index (χ0) is 16.2. The van der Waals surface area contributed by atoms with Crippen molar-refractivity contribution in [3.8, 4) is 0 Å². The van der Waals surface area contributed by atoms with Crippen LogP contribution < -0.4 is 5.32 Å². The molecule has 1 N–H and O–H groups in total. The normalized spacial score (nSPS) is 23.8. The maximum Gasteiger partial charge on any atom is 0.234 e. The highest BCUT2D eigenvalue weighted by Crippen LogP contribution is 2.30. The van der Waals surface area contributed by atoms with Gasteiger partial charge >= 0.3 is 0 Å². The smallest absolute Gasteiger partial charge is 0.234 e. The molecule has 2 fully saturated rings. The number of nitrogens with zero attached hydrogens (tertiary/aromatic N) is 1. The molecule has 23 heavy (non-hydrogen) atoms. The first kappa shape index (κ1) is 16.7. The van der Waals surface area contributed by atoms with Crippen molar-refractivity contribution in [1.29, 1.82) is 0 Å². The third-order valence-corrected chi connectivity index (χ3v) is 5.39. The summed E-state index contributed by atoms with van der Waals surface area (Å²) < 4.78 is 0. The van der Waals surface area contributed by atoms with Crippen molar-refractivity contribution in [1.82, 2.24) is 10.2 Å². The van der Waals surface area contributed by atoms with Crippen LogP contribution in [0, 0.1) is 0 Å². The largest absolute Gasteiger partial charge is 0.302 e. The Morgan fingerprint density at radius 3 is 2.30 bits per heavy atom. The van der Waals surface area contributed by atoms with E-state index in [2.05, 4.69) is 50.4 Å². The summed E-state index contributed by atoms with van der Waals surface area (Å²) >= 11 is 3.50. The molecule has 2 heterocycles. The van der Waals surface area contributed by atoms with Crippen LogP contribution in [0.1, 0.15) is 48.6 Å². The quantitative estimate of drug-likeness (QED) is 0.647. The molecular formula is C18H23BrN2O2. The highest BCUT2D eigenvalue weighted by Gasteiger charge is 2.28. The first-order valence-corrected chi connectivity index (χ1v) is 9.51. The summed E-state index contributed by atoms with van der Waals surface area (Å²) in [5.74, 6) is 0.134. The molecule has 0 radical (unpaired) electrons. The maximum absolute atomic E-state index is 11.9. The molecule has 1 atom stereocenters. The summed E-state index contributed by atoms with van der Waals surface area (Å²) in [6, 6.07) is 8.48. The molecule has 1 unspecified atom stereocenters. The van der Waals surface area contributed by atoms with Gasteiger partial charge in [-0.05, 0) is 49.4 Å². The molecule has 0 aromatic heterocycles. The van der Waals surface area contributed by atoms with Crippen molar-refractivity contribution < 1.29 is 9.59 Å². The Morgan fingerprint density at radius 2 is 1.70 bits per heavy atom. The van der Waals surface area contributed by atoms with Gasteiger partial charge in [-0.15, -0.1) is 0 Å². The lowest BCUT2D eigenvalue weighted by atomic mass is 9.86. The average Bonchev–Trinajstić information content (AvgIpc) is 2.56. The summed E-state index contributed by atoms with van der Waals surface area (Å²) in [5, 5.41) is 3.48. The molecule has 1 aromatic carbocycles. The molecule has 124 valence electrons. The van der Waals surface area contributed by atoms with Gasteiger partial charge in [0.25, 0.3) is 0 Å². The minimum atomic E-state index is -0.178. The number of halogens is 1. The molecule has 4 nitrogen and oxygen atoms in total. The number of hydrogen-bond acceptors (Lipinski definition) is 3. The van der Waals surface area contributed by atoms with Gasteiger partial charge in [0.1, 0.15) is 0 Å². The number of carbonyl (C=O) groups excluding carboxylic acids is 2. The van der Waals surface area contributed by atoms with E-state index in [-0.39, 0.29) is 17.7 Å². The molecule has 0 saturated carbocycles. The van der Waals surface area contributed by atoms with E-state index < -0.39 is 0 Å². The van der Waals surface area contributed by atoms with Crippen LogP contribution in [0.15, 0.2) is 24.3 Å². The molecule has 0 spiro atoms. The number of likely N-dealkylation sites (tertiary alicyclic amines) is 1. The van der Waals surface area contributed by atoms with Gasteiger partial charge in [-0.2, -0.15) is 0 Å². The Balaban J connectivity index is 1.61. The van der Waals surface area contributed by atoms with Crippen molar-refractivity contribution in [2.24, 2.45) is 0 Å². The second kappa shape index (κ2) is 7.58. The van der Waals surface area contributed by atoms with Crippen molar-refractivity contribution >= 4 is 27.7 Å². The van der Waals surface area contributed by atoms with E-state index in [0.717, 1.165) is 30.5 Å². The van der Waals surface area contributed by atoms with Crippen LogP contribution in [0.25, 0.3) is 0 Å². The van der Waals surface area contributed by atoms with E-state index in [1.165, 1.54) is 18.4 Å². The van der Waals surface area contributed by atoms with Crippen LogP contribution in [0.2, 0.25) is 0 Å². The first-order chi connectivity index (χ1) is 11.2. The fourth-order valence-electron chi connectivity index (χ4n) is 3.62. The average molecular weight is 379 g/mol. The fraction of sp³-hybridized carbons (Fsp3) is 0.556. The van der Waals surface area contributed by atoms with Gasteiger partial charge in [0.2, 0.25) is 11.8 Å². The monoisotopic (exact) mass is 378 g/mol. The van der Waals surface area contributed by atoms with Crippen LogP contribution >= 0.6 is 15.9 Å². The highest BCUT2D eigenvalue weighted by molar-refractivity contribution is 9.09. The second-order valence-electron chi connectivity index (χ2n) is 6.48. The number of amides is 2. The number of hydrogen-bond donors (Lipinski definition) is 1. The Hall–Kier alpha value is -1.20. The predicted molar refractivity (Wildman–Crippen MR) is 93.8 cm³/mol. The number of nitrogens with one attached hydrogen (secondary N) is 1. The molecule has 0 aliphatic carbocycles. The molecule has 2 aliphatic heterocycles. The van der Waals surface area contributed by atoms with Gasteiger partial charge in [-0.25, -0.2) is 0 Å². The van der Waals surface area contributed by atoms with E-state index in [1.807, 2.05) is 0 Å². The third-order valence-electron chi connectivity index (χ3n) is 5.04. The van der Waals surface area contributed by atoms with Crippen LogP contribution in [0.4, 0.5) is 0 Å². The van der Waals surface area contributed by atoms with Crippen molar-refractivity contribution in [2.75, 3.05) is 25.0 Å². The minimum absolute atomic E-state index is 0.155. The highest BCUT2D eigenvalue weighted by atomic mass is 79.9. The minimum Gasteiger partial charge on any atom is -0.302 e. The molecule has 2 amide bonds. The van der Waals surface area contributed by atoms with E-state index in [1.54, 1.807) is 0 Å². The van der Waals surface area contributed by atoms with Gasteiger partial charge in [0.15, 0.2) is 0 Å². The Morgan fingerprint density at radius 1 is 1.04 bits per heavy atom. The van der Waals surface area contributed by atoms with E-state index in [0.29, 0.717) is 18.8 Å². The van der Waals surface area contributed by atoms with Gasteiger partial charge in [0, 0.05) is 18.3 Å². The lowest BCUT2D eigenvalue weighted by molar-refractivity contribution is -0.134. The molecule has 0 bridgehead atoms. The Labute approximate surface area is 145 Å². The van der Waals surface area contributed by atoms with E-state index >= 15 is 0 Å². The number of carbonyl (C=O) groups is 2. The lowest BCUT2D eigenvalue weighted by Gasteiger charge is -2.32. The van der Waals surface area contributed by atoms with Crippen molar-refractivity contribution in [3.63, 3.8) is 0 Å². The number of rotatable bonds is 4. The molecule has 2 saturated heterocycles. The molecule has 1 aromatic rings. The summed E-state index contributed by atoms with van der Waals surface area (Å²) in [5.41, 5.74) is 2.40. The number of benzene rings is 1. The van der Waals surface area contributed by atoms with Crippen LogP contribution in [-0.4, -0.2) is 41.7 Å². The van der Waals surface area contributed by atoms with Crippen molar-refractivity contribution in [2.45, 2.75) is 37.5 Å². The number of imide groups is 1. The van der Waals surface area contributed by atoms with E-state index in [9.17, 15) is 9.59 Å². The predicted octanol–water partition coefficient (Wildman–Crippen LogP) is 2.78. The van der Waals surface area contributed by atoms with E-state index in [4.69, 9.17) is 0 Å². The van der Waals surface area contributed by atoms with Gasteiger partial charge < -0.3 is 4.90 Å². The zero-order valence-electron chi connectivity index (χ0n) is 13.3. The lowest BCUT2D eigenvalue weighted by Crippen LogP contribution is -2.39. The van der Waals surface area contributed by atoms with Crippen LogP contribution in [-0.2, 0) is 9.59 Å². The van der Waals surface area contributed by atoms with Gasteiger partial charge in [-0.3, -0.25) is 14.9 Å². The third kappa shape index (κ3) is 4.01. The summed E-state index contributed by atoms with van der Waals surface area (Å²) in [4.78, 5) is 25.7. The van der Waals surface area contributed by atoms with Crippen LogP contribution in [0.3, 0.4) is 0 Å². The molecule has 3 rings (SSSR count). The maximum atomic E-state index is 11.9. The topological polar surface area (TPSA) is 49.4 Å².